The van der Waals surface area contributed by atoms with E-state index in [1.165, 1.54) is 11.9 Å². The van der Waals surface area contributed by atoms with Crippen molar-refractivity contribution in [3.8, 4) is 6.07 Å². The molecule has 2 aromatic rings. The molecule has 4 heterocycles. The van der Waals surface area contributed by atoms with E-state index in [9.17, 15) is 9.65 Å². The number of hydrogen-bond donors (Lipinski definition) is 3. The molecule has 2 aliphatic carbocycles. The summed E-state index contributed by atoms with van der Waals surface area (Å²) in [6.07, 6.45) is 8.23. The molecule has 4 fully saturated rings. The average Bonchev–Trinajstić information content (AvgIpc) is 3.73. The van der Waals surface area contributed by atoms with Crippen molar-refractivity contribution in [3.05, 3.63) is 24.3 Å². The van der Waals surface area contributed by atoms with Crippen molar-refractivity contribution in [2.24, 2.45) is 5.41 Å². The van der Waals surface area contributed by atoms with Gasteiger partial charge in [-0.25, -0.2) is 14.1 Å². The Labute approximate surface area is 205 Å². The summed E-state index contributed by atoms with van der Waals surface area (Å²) in [7, 11) is 0. The Balaban J connectivity index is 1.31. The van der Waals surface area contributed by atoms with Gasteiger partial charge in [0.25, 0.3) is 0 Å². The minimum atomic E-state index is -1.56. The fourth-order valence-corrected chi connectivity index (χ4v) is 6.25. The van der Waals surface area contributed by atoms with Gasteiger partial charge in [0, 0.05) is 29.6 Å². The highest BCUT2D eigenvalue weighted by Gasteiger charge is 2.48. The molecule has 3 N–H and O–H groups in total. The SMILES string of the molecule is N#CC1(NSc2cc(N3CCC4(CC3)COC4)c3cnc(C(=N)SC(=N)C4(F)CC4)n3c2)CC1. The van der Waals surface area contributed by atoms with Crippen LogP contribution < -0.4 is 9.62 Å². The molecule has 0 bridgehead atoms. The third-order valence-corrected chi connectivity index (χ3v) is 9.32. The lowest BCUT2D eigenvalue weighted by atomic mass is 9.77. The molecule has 0 radical (unpaired) electrons. The third-order valence-electron chi connectivity index (χ3n) is 7.41. The topological polar surface area (TPSA) is 113 Å². The smallest absolute Gasteiger partial charge is 0.169 e. The van der Waals surface area contributed by atoms with Crippen LogP contribution in [0, 0.1) is 27.6 Å². The summed E-state index contributed by atoms with van der Waals surface area (Å²) in [5, 5.41) is 26.0. The maximum absolute atomic E-state index is 14.3. The van der Waals surface area contributed by atoms with Crippen molar-refractivity contribution in [2.75, 3.05) is 31.2 Å². The Hall–Kier alpha value is -2.13. The van der Waals surface area contributed by atoms with Crippen LogP contribution in [0.4, 0.5) is 10.1 Å². The molecule has 0 unspecified atom stereocenters. The van der Waals surface area contributed by atoms with Crippen molar-refractivity contribution in [1.82, 2.24) is 14.1 Å². The second kappa shape index (κ2) is 7.95. The maximum Gasteiger partial charge on any atom is 0.169 e. The van der Waals surface area contributed by atoms with Crippen molar-refractivity contribution >= 4 is 45.0 Å². The molecule has 11 heteroatoms. The number of ether oxygens (including phenoxy) is 1. The van der Waals surface area contributed by atoms with E-state index in [4.69, 9.17) is 15.6 Å². The second-order valence-electron chi connectivity index (χ2n) is 10.0. The van der Waals surface area contributed by atoms with E-state index < -0.39 is 11.2 Å². The van der Waals surface area contributed by atoms with Crippen LogP contribution in [0.3, 0.4) is 0 Å². The van der Waals surface area contributed by atoms with Crippen LogP contribution in [-0.4, -0.2) is 57.0 Å². The van der Waals surface area contributed by atoms with E-state index in [0.717, 1.165) is 79.8 Å². The molecular formula is C23H26FN7OS2. The summed E-state index contributed by atoms with van der Waals surface area (Å²) < 4.78 is 25.0. The van der Waals surface area contributed by atoms with Crippen molar-refractivity contribution in [3.63, 3.8) is 0 Å². The first kappa shape index (κ1) is 22.3. The normalized spacial score (nSPS) is 23.4. The summed E-state index contributed by atoms with van der Waals surface area (Å²) in [4.78, 5) is 7.80. The molecule has 0 aromatic carbocycles. The van der Waals surface area contributed by atoms with E-state index in [1.54, 1.807) is 6.20 Å². The lowest BCUT2D eigenvalue weighted by Gasteiger charge is -2.48. The number of pyridine rings is 1. The molecule has 8 nitrogen and oxygen atoms in total. The highest BCUT2D eigenvalue weighted by molar-refractivity contribution is 8.27. The van der Waals surface area contributed by atoms with Crippen LogP contribution >= 0.6 is 23.7 Å². The van der Waals surface area contributed by atoms with Gasteiger partial charge in [-0.2, -0.15) is 5.26 Å². The zero-order valence-electron chi connectivity index (χ0n) is 18.7. The van der Waals surface area contributed by atoms with Crippen molar-refractivity contribution in [1.29, 1.82) is 16.1 Å². The van der Waals surface area contributed by atoms with Gasteiger partial charge < -0.3 is 9.64 Å². The van der Waals surface area contributed by atoms with E-state index >= 15 is 0 Å². The number of anilines is 1. The number of thioether (sulfide) groups is 1. The molecule has 2 saturated heterocycles. The number of nitrogens with one attached hydrogen (secondary N) is 3. The molecule has 2 aromatic heterocycles. The zero-order valence-corrected chi connectivity index (χ0v) is 20.3. The number of imidazole rings is 1. The fourth-order valence-electron chi connectivity index (χ4n) is 4.53. The Morgan fingerprint density at radius 3 is 2.50 bits per heavy atom. The predicted octanol–water partition coefficient (Wildman–Crippen LogP) is 4.14. The van der Waals surface area contributed by atoms with Gasteiger partial charge in [-0.05, 0) is 68.3 Å². The summed E-state index contributed by atoms with van der Waals surface area (Å²) >= 11 is 2.27. The first-order valence-corrected chi connectivity index (χ1v) is 13.2. The second-order valence-corrected chi connectivity index (χ2v) is 11.9. The molecule has 2 aliphatic heterocycles. The fraction of sp³-hybridized carbons (Fsp3) is 0.565. The third kappa shape index (κ3) is 3.90. The van der Waals surface area contributed by atoms with Crippen molar-refractivity contribution in [2.45, 2.75) is 54.6 Å². The predicted molar refractivity (Wildman–Crippen MR) is 132 cm³/mol. The molecular weight excluding hydrogens is 473 g/mol. The monoisotopic (exact) mass is 499 g/mol. The molecule has 1 spiro atoms. The molecule has 34 heavy (non-hydrogen) atoms. The first-order chi connectivity index (χ1) is 16.3. The first-order valence-electron chi connectivity index (χ1n) is 11.6. The number of halogens is 1. The summed E-state index contributed by atoms with van der Waals surface area (Å²) in [5.74, 6) is 0.403. The number of piperidine rings is 1. The van der Waals surface area contributed by atoms with Crippen LogP contribution in [0.25, 0.3) is 5.52 Å². The quantitative estimate of drug-likeness (QED) is 0.311. The van der Waals surface area contributed by atoms with Crippen LogP contribution in [0.5, 0.6) is 0 Å². The van der Waals surface area contributed by atoms with Crippen LogP contribution in [0.1, 0.15) is 44.3 Å². The number of aromatic nitrogens is 2. The van der Waals surface area contributed by atoms with E-state index in [2.05, 4.69) is 26.7 Å². The van der Waals surface area contributed by atoms with E-state index in [1.807, 2.05) is 10.6 Å². The Bertz CT molecular complexity index is 1220. The summed E-state index contributed by atoms with van der Waals surface area (Å²) in [6.45, 7) is 3.54. The minimum Gasteiger partial charge on any atom is -0.380 e. The van der Waals surface area contributed by atoms with Crippen LogP contribution in [0.2, 0.25) is 0 Å². The number of fused-ring (bicyclic) bond motifs is 1. The molecule has 178 valence electrons. The molecule has 0 amide bonds. The standard InChI is InChI=1S/C23H26FN7OS2/c24-23(3-4-23)20(27)33-18(26)19-28-10-17-16(30-7-5-21(6-8-30)13-32-14-21)9-15(11-31(17)19)34-29-22(12-25)1-2-22/h9-11,26-27,29H,1-8,13-14H2. The average molecular weight is 500 g/mol. The van der Waals surface area contributed by atoms with Gasteiger partial charge in [0.05, 0.1) is 36.7 Å². The number of hydrogen-bond acceptors (Lipinski definition) is 9. The van der Waals surface area contributed by atoms with Gasteiger partial charge in [-0.15, -0.1) is 0 Å². The van der Waals surface area contributed by atoms with Crippen LogP contribution in [-0.2, 0) is 4.74 Å². The number of alkyl halides is 1. The Morgan fingerprint density at radius 2 is 1.91 bits per heavy atom. The maximum atomic E-state index is 14.3. The lowest BCUT2D eigenvalue weighted by Crippen LogP contribution is -2.51. The molecule has 4 aliphatic rings. The highest BCUT2D eigenvalue weighted by atomic mass is 32.2. The molecule has 6 rings (SSSR count). The van der Waals surface area contributed by atoms with E-state index in [-0.39, 0.29) is 10.1 Å². The van der Waals surface area contributed by atoms with Gasteiger partial charge >= 0.3 is 0 Å². The zero-order chi connectivity index (χ0) is 23.6. The Kier molecular flexibility index (Phi) is 5.22. The Morgan fingerprint density at radius 1 is 1.18 bits per heavy atom. The van der Waals surface area contributed by atoms with Gasteiger partial charge in [0.2, 0.25) is 0 Å². The highest BCUT2D eigenvalue weighted by Crippen LogP contribution is 2.45. The van der Waals surface area contributed by atoms with Gasteiger partial charge in [0.15, 0.2) is 11.5 Å². The summed E-state index contributed by atoms with van der Waals surface area (Å²) in [6, 6.07) is 4.48. The number of nitriles is 1. The molecule has 2 saturated carbocycles. The number of nitrogens with zero attached hydrogens (tertiary/aromatic N) is 4. The largest absolute Gasteiger partial charge is 0.380 e. The van der Waals surface area contributed by atoms with Gasteiger partial charge in [0.1, 0.15) is 15.6 Å². The van der Waals surface area contributed by atoms with E-state index in [0.29, 0.717) is 24.1 Å². The van der Waals surface area contributed by atoms with Gasteiger partial charge in [-0.1, -0.05) is 0 Å². The number of rotatable bonds is 6. The minimum absolute atomic E-state index is 0.0647. The molecule has 0 atom stereocenters. The lowest BCUT2D eigenvalue weighted by molar-refractivity contribution is -0.124. The van der Waals surface area contributed by atoms with Gasteiger partial charge in [-0.3, -0.25) is 15.2 Å². The summed E-state index contributed by atoms with van der Waals surface area (Å²) in [5.41, 5.74) is 0.225. The van der Waals surface area contributed by atoms with Crippen LogP contribution in [0.15, 0.2) is 23.4 Å². The van der Waals surface area contributed by atoms with Crippen molar-refractivity contribution < 1.29 is 9.13 Å².